The van der Waals surface area contributed by atoms with E-state index in [-0.39, 0.29) is 43.5 Å². The molecule has 0 bridgehead atoms. The van der Waals surface area contributed by atoms with Crippen molar-refractivity contribution in [2.24, 2.45) is 11.8 Å². The first-order valence-corrected chi connectivity index (χ1v) is 17.4. The highest BCUT2D eigenvalue weighted by Crippen LogP contribution is 2.39. The number of carbonyl (C=O) groups excluding carboxylic acids is 2. The van der Waals surface area contributed by atoms with Crippen LogP contribution in [0.15, 0.2) is 54.3 Å². The number of nitrogens with one attached hydrogen (secondary N) is 1. The van der Waals surface area contributed by atoms with E-state index >= 15 is 0 Å². The number of aliphatic hydroxyl groups excluding tert-OH is 1. The van der Waals surface area contributed by atoms with Gasteiger partial charge < -0.3 is 39.6 Å². The van der Waals surface area contributed by atoms with Crippen LogP contribution < -0.4 is 5.32 Å². The van der Waals surface area contributed by atoms with Crippen LogP contribution in [0.25, 0.3) is 0 Å². The van der Waals surface area contributed by atoms with Crippen molar-refractivity contribution in [1.82, 2.24) is 10.3 Å². The Morgan fingerprint density at radius 2 is 2.00 bits per heavy atom. The molecule has 49 heavy (non-hydrogen) atoms. The van der Waals surface area contributed by atoms with Crippen molar-refractivity contribution in [3.63, 3.8) is 0 Å². The molecule has 12 heteroatoms. The number of nitrogens with zero attached hydrogens (tertiary/aromatic N) is 1. The first kappa shape index (κ1) is 40.8. The third kappa shape index (κ3) is 12.0. The number of halogens is 1. The van der Waals surface area contributed by atoms with Gasteiger partial charge in [0.05, 0.1) is 36.4 Å². The zero-order valence-corrected chi connectivity index (χ0v) is 30.7. The number of esters is 2. The molecule has 3 heterocycles. The van der Waals surface area contributed by atoms with Gasteiger partial charge in [0.2, 0.25) is 0 Å². The van der Waals surface area contributed by atoms with Gasteiger partial charge in [-0.05, 0) is 63.3 Å². The summed E-state index contributed by atoms with van der Waals surface area (Å²) in [6, 6.07) is 3.09. The van der Waals surface area contributed by atoms with E-state index in [0.29, 0.717) is 17.3 Å². The monoisotopic (exact) mass is 706 g/mol. The molecular weight excluding hydrogens is 652 g/mol. The van der Waals surface area contributed by atoms with Crippen LogP contribution in [-0.2, 0) is 35.1 Å². The molecule has 3 rings (SSSR count). The molecule has 0 radical (unpaired) electrons. The van der Waals surface area contributed by atoms with E-state index in [2.05, 4.69) is 24.1 Å². The van der Waals surface area contributed by atoms with E-state index in [1.807, 2.05) is 19.9 Å². The maximum absolute atomic E-state index is 12.9. The van der Waals surface area contributed by atoms with Crippen molar-refractivity contribution in [3.8, 4) is 0 Å². The van der Waals surface area contributed by atoms with E-state index in [1.54, 1.807) is 56.7 Å². The lowest BCUT2D eigenvalue weighted by Crippen LogP contribution is -2.52. The number of rotatable bonds is 13. The summed E-state index contributed by atoms with van der Waals surface area (Å²) in [5.41, 5.74) is -1.26. The summed E-state index contributed by atoms with van der Waals surface area (Å²) >= 11 is 5.97. The van der Waals surface area contributed by atoms with Crippen LogP contribution >= 0.6 is 11.6 Å². The molecule has 274 valence electrons. The van der Waals surface area contributed by atoms with E-state index in [9.17, 15) is 24.9 Å². The second kappa shape index (κ2) is 18.0. The molecule has 2 aliphatic rings. The molecule has 1 fully saturated rings. The largest absolute Gasteiger partial charge is 0.457 e. The number of pyridine rings is 1. The predicted molar refractivity (Wildman–Crippen MR) is 187 cm³/mol. The van der Waals surface area contributed by atoms with Crippen molar-refractivity contribution in [3.05, 3.63) is 65.0 Å². The molecule has 1 aromatic heterocycles. The standard InChI is InChI=1S/C37H55ClN2O9/c1-9-28(46-8)24(4)33-34(49-33)35(40-21-26-13-15-30(38)39-20-26)37(7,45)17-10-11-22(2)32-23(3)12-14-29(47-25(5)41)36(6,44)18-16-27(42)19-31(43)48-32/h10-15,17,20,23-24,27-29,32-35,40,42,44-45H,9,16,18-19,21H2,1-8H3/b14-12+,17-10+,22-11+/t23?,24?,27?,28-,29-,32+,33?,34?,35?,36?,37?/m0/s1. The van der Waals surface area contributed by atoms with Crippen molar-refractivity contribution < 1.29 is 43.9 Å². The lowest BCUT2D eigenvalue weighted by atomic mass is 9.87. The van der Waals surface area contributed by atoms with Gasteiger partial charge in [0.25, 0.3) is 0 Å². The third-order valence-electron chi connectivity index (χ3n) is 9.50. The smallest absolute Gasteiger partial charge is 0.309 e. The van der Waals surface area contributed by atoms with Crippen molar-refractivity contribution >= 4 is 23.5 Å². The van der Waals surface area contributed by atoms with Gasteiger partial charge in [0.15, 0.2) is 0 Å². The Labute approximate surface area is 295 Å². The van der Waals surface area contributed by atoms with E-state index in [4.69, 9.17) is 30.5 Å². The summed E-state index contributed by atoms with van der Waals surface area (Å²) in [4.78, 5) is 28.8. The molecule has 11 atom stereocenters. The Kier molecular flexibility index (Phi) is 15.0. The van der Waals surface area contributed by atoms with Gasteiger partial charge in [-0.3, -0.25) is 9.59 Å². The number of epoxide rings is 1. The SMILES string of the molecule is CC[C@H](OC)C(C)C1OC1C(NCc1ccc(Cl)nc1)C(C)(O)/C=C/C=C(\C)[C@H]1OC(=O)CC(O)CCC(C)(O)[C@@H](OC(C)=O)/C=C/C1C. The average Bonchev–Trinajstić information content (AvgIpc) is 3.81. The van der Waals surface area contributed by atoms with Gasteiger partial charge in [-0.25, -0.2) is 4.98 Å². The third-order valence-corrected chi connectivity index (χ3v) is 9.73. The van der Waals surface area contributed by atoms with Crippen LogP contribution in [-0.4, -0.2) is 93.2 Å². The lowest BCUT2D eigenvalue weighted by molar-refractivity contribution is -0.157. The number of hydrogen-bond donors (Lipinski definition) is 4. The summed E-state index contributed by atoms with van der Waals surface area (Å²) in [5.74, 6) is -1.41. The number of hydrogen-bond acceptors (Lipinski definition) is 11. The summed E-state index contributed by atoms with van der Waals surface area (Å²) in [5, 5.41) is 37.3. The van der Waals surface area contributed by atoms with Gasteiger partial charge in [0, 0.05) is 38.6 Å². The van der Waals surface area contributed by atoms with Gasteiger partial charge in [-0.1, -0.05) is 62.7 Å². The number of carbonyl (C=O) groups is 2. The fourth-order valence-corrected chi connectivity index (χ4v) is 6.52. The predicted octanol–water partition coefficient (Wildman–Crippen LogP) is 4.61. The van der Waals surface area contributed by atoms with E-state index < -0.39 is 53.4 Å². The second-order valence-corrected chi connectivity index (χ2v) is 14.3. The Hall–Kier alpha value is -2.64. The minimum Gasteiger partial charge on any atom is -0.457 e. The molecule has 1 saturated heterocycles. The Bertz CT molecular complexity index is 1330. The van der Waals surface area contributed by atoms with Gasteiger partial charge >= 0.3 is 11.9 Å². The fraction of sp³-hybridized carbons (Fsp3) is 0.649. The van der Waals surface area contributed by atoms with Gasteiger partial charge in [-0.15, -0.1) is 0 Å². The van der Waals surface area contributed by atoms with Crippen molar-refractivity contribution in [1.29, 1.82) is 0 Å². The zero-order chi connectivity index (χ0) is 36.5. The fourth-order valence-electron chi connectivity index (χ4n) is 6.41. The van der Waals surface area contributed by atoms with Crippen LogP contribution in [0.3, 0.4) is 0 Å². The number of methoxy groups -OCH3 is 1. The minimum atomic E-state index is -1.46. The molecule has 4 N–H and O–H groups in total. The maximum atomic E-state index is 12.9. The number of cyclic esters (lactones) is 1. The number of aliphatic hydroxyl groups is 3. The molecule has 0 aromatic carbocycles. The summed E-state index contributed by atoms with van der Waals surface area (Å²) in [6.45, 7) is 12.8. The number of allylic oxidation sites excluding steroid dienone is 2. The highest BCUT2D eigenvalue weighted by molar-refractivity contribution is 6.29. The molecular formula is C37H55ClN2O9. The molecule has 0 aliphatic carbocycles. The molecule has 8 unspecified atom stereocenters. The highest BCUT2D eigenvalue weighted by atomic mass is 35.5. The van der Waals surface area contributed by atoms with Gasteiger partial charge in [-0.2, -0.15) is 0 Å². The van der Waals surface area contributed by atoms with Crippen LogP contribution in [0.1, 0.15) is 79.7 Å². The van der Waals surface area contributed by atoms with Crippen LogP contribution in [0.4, 0.5) is 0 Å². The molecule has 0 saturated carbocycles. The molecule has 0 spiro atoms. The first-order chi connectivity index (χ1) is 23.0. The normalized spacial score (nSPS) is 32.2. The molecule has 1 aromatic rings. The Morgan fingerprint density at radius 1 is 1.29 bits per heavy atom. The quantitative estimate of drug-likeness (QED) is 0.0746. The van der Waals surface area contributed by atoms with E-state index in [0.717, 1.165) is 12.0 Å². The summed E-state index contributed by atoms with van der Waals surface area (Å²) in [6.07, 6.45) is 7.88. The first-order valence-electron chi connectivity index (χ1n) is 17.0. The Morgan fingerprint density at radius 3 is 2.61 bits per heavy atom. The second-order valence-electron chi connectivity index (χ2n) is 13.9. The molecule has 0 amide bonds. The van der Waals surface area contributed by atoms with Crippen LogP contribution in [0.2, 0.25) is 5.15 Å². The van der Waals surface area contributed by atoms with Crippen LogP contribution in [0, 0.1) is 11.8 Å². The lowest BCUT2D eigenvalue weighted by Gasteiger charge is -2.32. The number of ether oxygens (including phenoxy) is 4. The summed E-state index contributed by atoms with van der Waals surface area (Å²) in [7, 11) is 1.69. The topological polar surface area (TPSA) is 160 Å². The van der Waals surface area contributed by atoms with Crippen molar-refractivity contribution in [2.45, 2.75) is 135 Å². The van der Waals surface area contributed by atoms with Crippen LogP contribution in [0.5, 0.6) is 0 Å². The maximum Gasteiger partial charge on any atom is 0.309 e. The van der Waals surface area contributed by atoms with E-state index in [1.165, 1.54) is 13.8 Å². The Balaban J connectivity index is 1.87. The van der Waals surface area contributed by atoms with Crippen molar-refractivity contribution in [2.75, 3.05) is 7.11 Å². The summed E-state index contributed by atoms with van der Waals surface area (Å²) < 4.78 is 23.1. The van der Waals surface area contributed by atoms with Gasteiger partial charge in [0.1, 0.15) is 29.1 Å². The molecule has 11 nitrogen and oxygen atoms in total. The highest BCUT2D eigenvalue weighted by Gasteiger charge is 2.54. The molecule has 2 aliphatic heterocycles. The zero-order valence-electron chi connectivity index (χ0n) is 30.0. The minimum absolute atomic E-state index is 0.0171. The average molecular weight is 707 g/mol. The number of aromatic nitrogens is 1.